The second kappa shape index (κ2) is 6.19. The van der Waals surface area contributed by atoms with Crippen LogP contribution in [0.1, 0.15) is 21.6 Å². The molecule has 2 rings (SSSR count). The second-order valence-corrected chi connectivity index (χ2v) is 5.45. The summed E-state index contributed by atoms with van der Waals surface area (Å²) in [5.74, 6) is -0.223. The van der Waals surface area contributed by atoms with Crippen LogP contribution in [0.4, 0.5) is 5.69 Å². The molecule has 6 heteroatoms. The van der Waals surface area contributed by atoms with E-state index in [4.69, 9.17) is 5.11 Å². The van der Waals surface area contributed by atoms with Gasteiger partial charge in [-0.05, 0) is 43.2 Å². The Bertz CT molecular complexity index is 637. The molecule has 2 aromatic rings. The van der Waals surface area contributed by atoms with Crippen LogP contribution in [0.15, 0.2) is 28.9 Å². The predicted molar refractivity (Wildman–Crippen MR) is 80.9 cm³/mol. The third kappa shape index (κ3) is 3.08. The van der Waals surface area contributed by atoms with Crippen LogP contribution >= 0.6 is 15.9 Å². The smallest absolute Gasteiger partial charge is 0.274 e. The summed E-state index contributed by atoms with van der Waals surface area (Å²) in [6, 6.07) is 5.66. The SMILES string of the molecule is Cc1cc(Br)ccc1NC(=O)c1c(C)cnn1CCO. The molecule has 20 heavy (non-hydrogen) atoms. The number of carbonyl (C=O) groups excluding carboxylic acids is 1. The van der Waals surface area contributed by atoms with Crippen LogP contribution in [0.3, 0.4) is 0 Å². The van der Waals surface area contributed by atoms with Gasteiger partial charge in [0.25, 0.3) is 5.91 Å². The minimum absolute atomic E-state index is 0.0568. The maximum absolute atomic E-state index is 12.4. The first-order valence-corrected chi connectivity index (χ1v) is 7.03. The van der Waals surface area contributed by atoms with Crippen molar-refractivity contribution >= 4 is 27.5 Å². The molecule has 0 spiro atoms. The molecular weight excluding hydrogens is 322 g/mol. The van der Waals surface area contributed by atoms with E-state index in [0.717, 1.165) is 21.3 Å². The lowest BCUT2D eigenvalue weighted by molar-refractivity contribution is 0.101. The van der Waals surface area contributed by atoms with E-state index in [2.05, 4.69) is 26.3 Å². The van der Waals surface area contributed by atoms with Gasteiger partial charge in [-0.25, -0.2) is 0 Å². The summed E-state index contributed by atoms with van der Waals surface area (Å²) in [6.07, 6.45) is 1.62. The number of hydrogen-bond acceptors (Lipinski definition) is 3. The van der Waals surface area contributed by atoms with Crippen LogP contribution in [0, 0.1) is 13.8 Å². The topological polar surface area (TPSA) is 67.2 Å². The molecule has 106 valence electrons. The second-order valence-electron chi connectivity index (χ2n) is 4.54. The number of anilines is 1. The molecule has 1 aromatic heterocycles. The Kier molecular flexibility index (Phi) is 4.57. The van der Waals surface area contributed by atoms with E-state index in [1.54, 1.807) is 6.20 Å². The molecule has 0 radical (unpaired) electrons. The highest BCUT2D eigenvalue weighted by Crippen LogP contribution is 2.21. The summed E-state index contributed by atoms with van der Waals surface area (Å²) in [6.45, 7) is 4.00. The van der Waals surface area contributed by atoms with E-state index in [9.17, 15) is 4.79 Å². The van der Waals surface area contributed by atoms with Crippen molar-refractivity contribution in [2.75, 3.05) is 11.9 Å². The van der Waals surface area contributed by atoms with E-state index in [1.807, 2.05) is 32.0 Å². The van der Waals surface area contributed by atoms with Crippen LogP contribution in [0.25, 0.3) is 0 Å². The Morgan fingerprint density at radius 3 is 2.80 bits per heavy atom. The van der Waals surface area contributed by atoms with Crippen LogP contribution in [0.5, 0.6) is 0 Å². The fourth-order valence-corrected chi connectivity index (χ4v) is 2.46. The minimum atomic E-state index is -0.223. The van der Waals surface area contributed by atoms with Gasteiger partial charge in [0.1, 0.15) is 5.69 Å². The first-order valence-electron chi connectivity index (χ1n) is 6.23. The van der Waals surface area contributed by atoms with Crippen molar-refractivity contribution in [1.82, 2.24) is 9.78 Å². The van der Waals surface area contributed by atoms with Crippen molar-refractivity contribution < 1.29 is 9.90 Å². The van der Waals surface area contributed by atoms with Crippen molar-refractivity contribution in [3.63, 3.8) is 0 Å². The van der Waals surface area contributed by atoms with Gasteiger partial charge in [0.05, 0.1) is 19.3 Å². The normalized spacial score (nSPS) is 10.6. The molecule has 0 unspecified atom stereocenters. The standard InChI is InChI=1S/C14H16BrN3O2/c1-9-7-11(15)3-4-12(9)17-14(20)13-10(2)8-16-18(13)5-6-19/h3-4,7-8,19H,5-6H2,1-2H3,(H,17,20). The summed E-state index contributed by atoms with van der Waals surface area (Å²) in [4.78, 5) is 12.4. The molecular formula is C14H16BrN3O2. The number of carbonyl (C=O) groups is 1. The number of aliphatic hydroxyl groups is 1. The lowest BCUT2D eigenvalue weighted by Crippen LogP contribution is -2.20. The van der Waals surface area contributed by atoms with E-state index in [0.29, 0.717) is 12.2 Å². The number of aryl methyl sites for hydroxylation is 2. The van der Waals surface area contributed by atoms with Gasteiger partial charge >= 0.3 is 0 Å². The van der Waals surface area contributed by atoms with Gasteiger partial charge in [0, 0.05) is 10.2 Å². The number of hydrogen-bond donors (Lipinski definition) is 2. The van der Waals surface area contributed by atoms with Crippen LogP contribution in [0.2, 0.25) is 0 Å². The van der Waals surface area contributed by atoms with E-state index >= 15 is 0 Å². The molecule has 0 aliphatic rings. The van der Waals surface area contributed by atoms with Crippen molar-refractivity contribution in [2.24, 2.45) is 0 Å². The molecule has 0 saturated carbocycles. The van der Waals surface area contributed by atoms with Crippen LogP contribution in [-0.2, 0) is 6.54 Å². The summed E-state index contributed by atoms with van der Waals surface area (Å²) >= 11 is 3.39. The lowest BCUT2D eigenvalue weighted by atomic mass is 10.2. The number of rotatable bonds is 4. The number of aromatic nitrogens is 2. The molecule has 0 fully saturated rings. The van der Waals surface area contributed by atoms with E-state index in [-0.39, 0.29) is 12.5 Å². The molecule has 0 atom stereocenters. The average molecular weight is 338 g/mol. The van der Waals surface area contributed by atoms with Gasteiger partial charge < -0.3 is 10.4 Å². The highest BCUT2D eigenvalue weighted by atomic mass is 79.9. The summed E-state index contributed by atoms with van der Waals surface area (Å²) in [5, 5.41) is 16.0. The summed E-state index contributed by atoms with van der Waals surface area (Å²) in [7, 11) is 0. The van der Waals surface area contributed by atoms with Gasteiger partial charge in [0.2, 0.25) is 0 Å². The zero-order chi connectivity index (χ0) is 14.7. The summed E-state index contributed by atoms with van der Waals surface area (Å²) < 4.78 is 2.48. The molecule has 0 aliphatic carbocycles. The Morgan fingerprint density at radius 1 is 1.40 bits per heavy atom. The molecule has 0 saturated heterocycles. The molecule has 0 bridgehead atoms. The number of halogens is 1. The molecule has 1 heterocycles. The number of benzene rings is 1. The number of nitrogens with one attached hydrogen (secondary N) is 1. The number of nitrogens with zero attached hydrogens (tertiary/aromatic N) is 2. The van der Waals surface area contributed by atoms with Crippen LogP contribution in [-0.4, -0.2) is 27.4 Å². The van der Waals surface area contributed by atoms with Crippen molar-refractivity contribution in [1.29, 1.82) is 0 Å². The van der Waals surface area contributed by atoms with E-state index < -0.39 is 0 Å². The largest absolute Gasteiger partial charge is 0.394 e. The van der Waals surface area contributed by atoms with Crippen molar-refractivity contribution in [3.8, 4) is 0 Å². The van der Waals surface area contributed by atoms with Crippen LogP contribution < -0.4 is 5.32 Å². The van der Waals surface area contributed by atoms with Gasteiger partial charge in [-0.15, -0.1) is 0 Å². The molecule has 5 nitrogen and oxygen atoms in total. The minimum Gasteiger partial charge on any atom is -0.394 e. The van der Waals surface area contributed by atoms with Gasteiger partial charge in [-0.2, -0.15) is 5.10 Å². The van der Waals surface area contributed by atoms with Gasteiger partial charge in [-0.1, -0.05) is 15.9 Å². The predicted octanol–water partition coefficient (Wildman–Crippen LogP) is 2.51. The first kappa shape index (κ1) is 14.7. The monoisotopic (exact) mass is 337 g/mol. The highest BCUT2D eigenvalue weighted by molar-refractivity contribution is 9.10. The fraction of sp³-hybridized carbons (Fsp3) is 0.286. The zero-order valence-electron chi connectivity index (χ0n) is 11.4. The Labute approximate surface area is 125 Å². The van der Waals surface area contributed by atoms with Gasteiger partial charge in [-0.3, -0.25) is 9.48 Å². The van der Waals surface area contributed by atoms with Crippen molar-refractivity contribution in [3.05, 3.63) is 45.7 Å². The fourth-order valence-electron chi connectivity index (χ4n) is 1.99. The van der Waals surface area contributed by atoms with Crippen molar-refractivity contribution in [2.45, 2.75) is 20.4 Å². The van der Waals surface area contributed by atoms with E-state index in [1.165, 1.54) is 4.68 Å². The number of aliphatic hydroxyl groups excluding tert-OH is 1. The average Bonchev–Trinajstić information content (AvgIpc) is 2.74. The quantitative estimate of drug-likeness (QED) is 0.900. The highest BCUT2D eigenvalue weighted by Gasteiger charge is 2.16. The maximum Gasteiger partial charge on any atom is 0.274 e. The summed E-state index contributed by atoms with van der Waals surface area (Å²) in [5.41, 5.74) is 2.99. The Balaban J connectivity index is 2.26. The third-order valence-electron chi connectivity index (χ3n) is 2.99. The number of amides is 1. The first-order chi connectivity index (χ1) is 9.52. The third-order valence-corrected chi connectivity index (χ3v) is 3.48. The molecule has 0 aliphatic heterocycles. The Hall–Kier alpha value is -1.66. The molecule has 1 aromatic carbocycles. The lowest BCUT2D eigenvalue weighted by Gasteiger charge is -2.11. The van der Waals surface area contributed by atoms with Gasteiger partial charge in [0.15, 0.2) is 0 Å². The zero-order valence-corrected chi connectivity index (χ0v) is 12.9. The Morgan fingerprint density at radius 2 is 2.15 bits per heavy atom. The molecule has 1 amide bonds. The molecule has 2 N–H and O–H groups in total. The maximum atomic E-state index is 12.4.